The molecule has 0 atom stereocenters. The number of hydrogen-bond acceptors (Lipinski definition) is 2. The van der Waals surface area contributed by atoms with Gasteiger partial charge < -0.3 is 9.13 Å². The van der Waals surface area contributed by atoms with Gasteiger partial charge in [0.05, 0.1) is 44.3 Å². The predicted molar refractivity (Wildman–Crippen MR) is 279 cm³/mol. The summed E-state index contributed by atoms with van der Waals surface area (Å²) in [5, 5.41) is 8.27. The lowest BCUT2D eigenvalue weighted by atomic mass is 10.00. The second kappa shape index (κ2) is 14.7. The SMILES string of the molecule is c1ccc(-c2ccc(-c3cccc(-n4c5ccccc5c5c6c7ccccc7n(-c7ccc8c(c7)c7ccccc7n8-c7nc(-c8ccccc8)c8ccccc8n7)c6ccc54)c3)cc2)cc1. The molecule has 0 saturated heterocycles. The molecule has 14 aromatic rings. The van der Waals surface area contributed by atoms with E-state index in [2.05, 4.69) is 238 Å². The quantitative estimate of drug-likeness (QED) is 0.167. The van der Waals surface area contributed by atoms with Crippen LogP contribution in [0.15, 0.2) is 237 Å². The van der Waals surface area contributed by atoms with Crippen molar-refractivity contribution in [3.8, 4) is 50.8 Å². The second-order valence-electron chi connectivity index (χ2n) is 17.4. The fraction of sp³-hybridized carbons (Fsp3) is 0. The summed E-state index contributed by atoms with van der Waals surface area (Å²) in [6.07, 6.45) is 0. The summed E-state index contributed by atoms with van der Waals surface area (Å²) in [6, 6.07) is 85.0. The average Bonchev–Trinajstić information content (AvgIpc) is 4.04. The Morgan fingerprint density at radius 2 is 0.716 bits per heavy atom. The monoisotopic (exact) mass is 853 g/mol. The number of aromatic nitrogens is 5. The Labute approximate surface area is 385 Å². The number of para-hydroxylation sites is 4. The maximum Gasteiger partial charge on any atom is 0.235 e. The zero-order valence-corrected chi connectivity index (χ0v) is 36.3. The molecule has 0 saturated carbocycles. The van der Waals surface area contributed by atoms with Crippen molar-refractivity contribution < 1.29 is 0 Å². The Hall–Kier alpha value is -9.06. The van der Waals surface area contributed by atoms with Crippen LogP contribution in [0.25, 0.3) is 127 Å². The van der Waals surface area contributed by atoms with Crippen LogP contribution < -0.4 is 0 Å². The minimum absolute atomic E-state index is 0.652. The summed E-state index contributed by atoms with van der Waals surface area (Å²) in [6.45, 7) is 0. The molecule has 67 heavy (non-hydrogen) atoms. The molecule has 5 nitrogen and oxygen atoms in total. The van der Waals surface area contributed by atoms with E-state index in [0.29, 0.717) is 5.95 Å². The lowest BCUT2D eigenvalue weighted by molar-refractivity contribution is 1.01. The van der Waals surface area contributed by atoms with E-state index in [1.807, 2.05) is 12.1 Å². The molecule has 14 rings (SSSR count). The topological polar surface area (TPSA) is 40.6 Å². The molecule has 4 aromatic heterocycles. The summed E-state index contributed by atoms with van der Waals surface area (Å²) in [4.78, 5) is 10.5. The Morgan fingerprint density at radius 1 is 0.254 bits per heavy atom. The average molecular weight is 854 g/mol. The standard InChI is InChI=1S/C62H39N5/c1-3-16-40(17-4-1)41-30-32-42(33-31-41)44-20-15-21-45(38-44)65-54-28-13-9-24-49(54)59-57(65)36-37-58-60(59)50-25-10-14-29-55(50)66(58)46-34-35-56-51(39-46)47-22-8-12-27-53(47)67(56)62-63-52-26-11-7-23-48(52)61(64-62)43-18-5-2-6-19-43/h1-39H. The summed E-state index contributed by atoms with van der Waals surface area (Å²) >= 11 is 0. The van der Waals surface area contributed by atoms with Crippen LogP contribution >= 0.6 is 0 Å². The van der Waals surface area contributed by atoms with E-state index in [-0.39, 0.29) is 0 Å². The summed E-state index contributed by atoms with van der Waals surface area (Å²) in [7, 11) is 0. The van der Waals surface area contributed by atoms with Gasteiger partial charge in [-0.05, 0) is 89.0 Å². The summed E-state index contributed by atoms with van der Waals surface area (Å²) < 4.78 is 7.12. The van der Waals surface area contributed by atoms with Crippen molar-refractivity contribution in [3.05, 3.63) is 237 Å². The first-order valence-corrected chi connectivity index (χ1v) is 22.8. The van der Waals surface area contributed by atoms with Crippen LogP contribution in [-0.2, 0) is 0 Å². The molecule has 0 bridgehead atoms. The highest BCUT2D eigenvalue weighted by molar-refractivity contribution is 6.29. The molecule has 0 N–H and O–H groups in total. The largest absolute Gasteiger partial charge is 0.309 e. The van der Waals surface area contributed by atoms with Gasteiger partial charge in [-0.1, -0.05) is 170 Å². The van der Waals surface area contributed by atoms with Gasteiger partial charge in [0.25, 0.3) is 0 Å². The molecule has 0 aliphatic rings. The first kappa shape index (κ1) is 37.3. The highest BCUT2D eigenvalue weighted by atomic mass is 15.2. The predicted octanol–water partition coefficient (Wildman–Crippen LogP) is 15.9. The molecule has 0 radical (unpaired) electrons. The molecule has 5 heteroatoms. The molecule has 0 aliphatic carbocycles. The molecule has 0 fully saturated rings. The molecule has 10 aromatic carbocycles. The van der Waals surface area contributed by atoms with Gasteiger partial charge in [0.15, 0.2) is 0 Å². The lowest BCUT2D eigenvalue weighted by Gasteiger charge is -2.12. The molecule has 0 amide bonds. The third-order valence-electron chi connectivity index (χ3n) is 13.7. The number of benzene rings is 10. The highest BCUT2D eigenvalue weighted by Gasteiger charge is 2.23. The zero-order valence-electron chi connectivity index (χ0n) is 36.3. The van der Waals surface area contributed by atoms with Crippen molar-refractivity contribution >= 4 is 76.3 Å². The van der Waals surface area contributed by atoms with Gasteiger partial charge in [0.1, 0.15) is 0 Å². The van der Waals surface area contributed by atoms with Crippen molar-refractivity contribution in [2.75, 3.05) is 0 Å². The van der Waals surface area contributed by atoms with E-state index in [4.69, 9.17) is 9.97 Å². The zero-order chi connectivity index (χ0) is 44.0. The van der Waals surface area contributed by atoms with Crippen LogP contribution in [0.4, 0.5) is 0 Å². The van der Waals surface area contributed by atoms with E-state index in [1.54, 1.807) is 0 Å². The maximum atomic E-state index is 5.32. The van der Waals surface area contributed by atoms with Gasteiger partial charge >= 0.3 is 0 Å². The van der Waals surface area contributed by atoms with Crippen molar-refractivity contribution in [2.45, 2.75) is 0 Å². The Morgan fingerprint density at radius 3 is 1.37 bits per heavy atom. The fourth-order valence-corrected chi connectivity index (χ4v) is 10.7. The maximum absolute atomic E-state index is 5.32. The van der Waals surface area contributed by atoms with Crippen LogP contribution in [0.2, 0.25) is 0 Å². The third-order valence-corrected chi connectivity index (χ3v) is 13.7. The van der Waals surface area contributed by atoms with E-state index in [0.717, 1.165) is 66.4 Å². The van der Waals surface area contributed by atoms with Crippen LogP contribution in [0, 0.1) is 0 Å². The number of fused-ring (bicyclic) bond motifs is 11. The van der Waals surface area contributed by atoms with E-state index < -0.39 is 0 Å². The van der Waals surface area contributed by atoms with E-state index >= 15 is 0 Å². The molecule has 312 valence electrons. The molecular formula is C62H39N5. The second-order valence-corrected chi connectivity index (χ2v) is 17.4. The van der Waals surface area contributed by atoms with E-state index in [1.165, 1.54) is 54.8 Å². The minimum atomic E-state index is 0.652. The highest BCUT2D eigenvalue weighted by Crippen LogP contribution is 2.44. The van der Waals surface area contributed by atoms with Gasteiger partial charge in [-0.3, -0.25) is 4.57 Å². The minimum Gasteiger partial charge on any atom is -0.309 e. The Balaban J connectivity index is 0.954. The molecule has 4 heterocycles. The number of rotatable bonds is 6. The Kier molecular flexibility index (Phi) is 8.21. The summed E-state index contributed by atoms with van der Waals surface area (Å²) in [5.74, 6) is 0.652. The van der Waals surface area contributed by atoms with Crippen molar-refractivity contribution in [1.29, 1.82) is 0 Å². The normalized spacial score (nSPS) is 11.9. The first-order valence-electron chi connectivity index (χ1n) is 22.8. The smallest absolute Gasteiger partial charge is 0.235 e. The molecule has 0 aliphatic heterocycles. The summed E-state index contributed by atoms with van der Waals surface area (Å²) in [5.41, 5.74) is 16.7. The van der Waals surface area contributed by atoms with Crippen molar-refractivity contribution in [1.82, 2.24) is 23.7 Å². The Bertz CT molecular complexity index is 4250. The van der Waals surface area contributed by atoms with Gasteiger partial charge in [0, 0.05) is 54.6 Å². The van der Waals surface area contributed by atoms with Crippen LogP contribution in [0.5, 0.6) is 0 Å². The van der Waals surface area contributed by atoms with Gasteiger partial charge in [-0.25, -0.2) is 9.97 Å². The molecular weight excluding hydrogens is 815 g/mol. The van der Waals surface area contributed by atoms with Gasteiger partial charge in [-0.15, -0.1) is 0 Å². The first-order chi connectivity index (χ1) is 33.2. The van der Waals surface area contributed by atoms with E-state index in [9.17, 15) is 0 Å². The van der Waals surface area contributed by atoms with Gasteiger partial charge in [-0.2, -0.15) is 0 Å². The number of nitrogens with zero attached hydrogens (tertiary/aromatic N) is 5. The van der Waals surface area contributed by atoms with Gasteiger partial charge in [0.2, 0.25) is 5.95 Å². The molecule has 0 spiro atoms. The third kappa shape index (κ3) is 5.75. The molecule has 0 unspecified atom stereocenters. The lowest BCUT2D eigenvalue weighted by Crippen LogP contribution is -2.03. The van der Waals surface area contributed by atoms with Crippen LogP contribution in [0.1, 0.15) is 0 Å². The van der Waals surface area contributed by atoms with Crippen molar-refractivity contribution in [3.63, 3.8) is 0 Å². The van der Waals surface area contributed by atoms with Crippen LogP contribution in [0.3, 0.4) is 0 Å². The van der Waals surface area contributed by atoms with Crippen LogP contribution in [-0.4, -0.2) is 23.7 Å². The fourth-order valence-electron chi connectivity index (χ4n) is 10.7. The number of hydrogen-bond donors (Lipinski definition) is 0. The van der Waals surface area contributed by atoms with Crippen molar-refractivity contribution in [2.24, 2.45) is 0 Å².